The van der Waals surface area contributed by atoms with Crippen molar-refractivity contribution in [3.8, 4) is 6.07 Å². The van der Waals surface area contributed by atoms with E-state index in [1.807, 2.05) is 6.07 Å². The topological polar surface area (TPSA) is 35.8 Å². The van der Waals surface area contributed by atoms with Gasteiger partial charge in [0, 0.05) is 22.3 Å². The Bertz CT molecular complexity index is 680. The highest BCUT2D eigenvalue weighted by molar-refractivity contribution is 9.10. The van der Waals surface area contributed by atoms with Crippen LogP contribution < -0.4 is 5.32 Å². The highest BCUT2D eigenvalue weighted by Gasteiger charge is 2.10. The van der Waals surface area contributed by atoms with Crippen LogP contribution >= 0.6 is 15.9 Å². The van der Waals surface area contributed by atoms with Gasteiger partial charge in [-0.25, -0.2) is 13.2 Å². The summed E-state index contributed by atoms with van der Waals surface area (Å²) in [5.41, 5.74) is 0.525. The van der Waals surface area contributed by atoms with E-state index in [9.17, 15) is 13.2 Å². The second-order valence-corrected chi connectivity index (χ2v) is 4.63. The van der Waals surface area contributed by atoms with Crippen molar-refractivity contribution in [1.82, 2.24) is 0 Å². The molecule has 0 aliphatic heterocycles. The quantitative estimate of drug-likeness (QED) is 0.826. The van der Waals surface area contributed by atoms with E-state index in [2.05, 4.69) is 21.2 Å². The maximum atomic E-state index is 13.5. The smallest absolute Gasteiger partial charge is 0.161 e. The number of anilines is 2. The molecule has 6 heteroatoms. The summed E-state index contributed by atoms with van der Waals surface area (Å²) in [6.07, 6.45) is 0. The molecule has 0 saturated heterocycles. The Labute approximate surface area is 115 Å². The van der Waals surface area contributed by atoms with Crippen molar-refractivity contribution >= 4 is 27.3 Å². The van der Waals surface area contributed by atoms with Gasteiger partial charge in [0.15, 0.2) is 11.6 Å². The minimum Gasteiger partial charge on any atom is -0.353 e. The predicted molar refractivity (Wildman–Crippen MR) is 68.5 cm³/mol. The second-order valence-electron chi connectivity index (χ2n) is 3.71. The van der Waals surface area contributed by atoms with Gasteiger partial charge in [0.1, 0.15) is 5.82 Å². The Morgan fingerprint density at radius 2 is 1.63 bits per heavy atom. The van der Waals surface area contributed by atoms with Crippen LogP contribution in [0.3, 0.4) is 0 Å². The predicted octanol–water partition coefficient (Wildman–Crippen LogP) is 4.48. The molecule has 2 aromatic carbocycles. The van der Waals surface area contributed by atoms with E-state index in [0.717, 1.165) is 6.07 Å². The fourth-order valence-electron chi connectivity index (χ4n) is 1.50. The zero-order valence-corrected chi connectivity index (χ0v) is 10.9. The maximum Gasteiger partial charge on any atom is 0.161 e. The van der Waals surface area contributed by atoms with Crippen LogP contribution in [-0.2, 0) is 0 Å². The van der Waals surface area contributed by atoms with Crippen molar-refractivity contribution in [2.45, 2.75) is 0 Å². The third-order valence-corrected chi connectivity index (χ3v) is 2.77. The standard InChI is InChI=1S/C13H6BrF3N2/c14-8-1-7(6-18)2-9(3-8)19-13-5-11(16)10(15)4-12(13)17/h1-5,19H. The Hall–Kier alpha value is -2.00. The Balaban J connectivity index is 2.39. The Kier molecular flexibility index (Phi) is 3.76. The largest absolute Gasteiger partial charge is 0.353 e. The lowest BCUT2D eigenvalue weighted by Gasteiger charge is -2.09. The summed E-state index contributed by atoms with van der Waals surface area (Å²) in [6.45, 7) is 0. The zero-order valence-electron chi connectivity index (χ0n) is 9.35. The minimum atomic E-state index is -1.25. The number of hydrogen-bond donors (Lipinski definition) is 1. The van der Waals surface area contributed by atoms with Gasteiger partial charge in [-0.3, -0.25) is 0 Å². The second kappa shape index (κ2) is 5.33. The number of rotatable bonds is 2. The normalized spacial score (nSPS) is 10.1. The maximum absolute atomic E-state index is 13.5. The Morgan fingerprint density at radius 3 is 2.32 bits per heavy atom. The third kappa shape index (κ3) is 3.06. The van der Waals surface area contributed by atoms with Gasteiger partial charge in [-0.1, -0.05) is 15.9 Å². The van der Waals surface area contributed by atoms with Crippen LogP contribution in [0.25, 0.3) is 0 Å². The van der Waals surface area contributed by atoms with Gasteiger partial charge in [-0.15, -0.1) is 0 Å². The molecule has 0 aromatic heterocycles. The molecule has 0 atom stereocenters. The van der Waals surface area contributed by atoms with Gasteiger partial charge < -0.3 is 5.32 Å². The SMILES string of the molecule is N#Cc1cc(Br)cc(Nc2cc(F)c(F)cc2F)c1. The first kappa shape index (κ1) is 13.4. The molecule has 1 N–H and O–H groups in total. The molecule has 96 valence electrons. The van der Waals surface area contributed by atoms with Crippen molar-refractivity contribution in [3.63, 3.8) is 0 Å². The van der Waals surface area contributed by atoms with E-state index in [4.69, 9.17) is 5.26 Å². The van der Waals surface area contributed by atoms with Gasteiger partial charge in [0.25, 0.3) is 0 Å². The van der Waals surface area contributed by atoms with Gasteiger partial charge in [0.05, 0.1) is 17.3 Å². The van der Waals surface area contributed by atoms with E-state index in [-0.39, 0.29) is 5.69 Å². The molecule has 0 radical (unpaired) electrons. The molecule has 0 aliphatic carbocycles. The molecule has 2 nitrogen and oxygen atoms in total. The van der Waals surface area contributed by atoms with E-state index in [1.165, 1.54) is 6.07 Å². The summed E-state index contributed by atoms with van der Waals surface area (Å²) in [4.78, 5) is 0. The zero-order chi connectivity index (χ0) is 14.0. The number of halogens is 4. The summed E-state index contributed by atoms with van der Waals surface area (Å²) >= 11 is 3.19. The molecule has 0 bridgehead atoms. The molecular weight excluding hydrogens is 321 g/mol. The summed E-state index contributed by atoms with van der Waals surface area (Å²) in [6, 6.07) is 7.74. The molecule has 0 spiro atoms. The van der Waals surface area contributed by atoms with Gasteiger partial charge in [-0.05, 0) is 18.2 Å². The van der Waals surface area contributed by atoms with Gasteiger partial charge >= 0.3 is 0 Å². The van der Waals surface area contributed by atoms with Gasteiger partial charge in [0.2, 0.25) is 0 Å². The molecule has 0 heterocycles. The molecular formula is C13H6BrF3N2. The van der Waals surface area contributed by atoms with E-state index >= 15 is 0 Å². The Morgan fingerprint density at radius 1 is 0.947 bits per heavy atom. The summed E-state index contributed by atoms with van der Waals surface area (Å²) in [7, 11) is 0. The minimum absolute atomic E-state index is 0.208. The van der Waals surface area contributed by atoms with Crippen molar-refractivity contribution in [2.24, 2.45) is 0 Å². The van der Waals surface area contributed by atoms with E-state index < -0.39 is 17.5 Å². The number of nitrogens with zero attached hydrogens (tertiary/aromatic N) is 1. The first-order valence-corrected chi connectivity index (χ1v) is 5.91. The number of nitriles is 1. The van der Waals surface area contributed by atoms with E-state index in [0.29, 0.717) is 21.8 Å². The highest BCUT2D eigenvalue weighted by Crippen LogP contribution is 2.25. The lowest BCUT2D eigenvalue weighted by molar-refractivity contribution is 0.496. The van der Waals surface area contributed by atoms with Crippen LogP contribution in [0.2, 0.25) is 0 Å². The van der Waals surface area contributed by atoms with Crippen molar-refractivity contribution in [1.29, 1.82) is 5.26 Å². The average Bonchev–Trinajstić information content (AvgIpc) is 2.35. The average molecular weight is 327 g/mol. The van der Waals surface area contributed by atoms with Crippen LogP contribution in [0.1, 0.15) is 5.56 Å². The van der Waals surface area contributed by atoms with Crippen LogP contribution in [0.15, 0.2) is 34.8 Å². The first-order valence-electron chi connectivity index (χ1n) is 5.12. The van der Waals surface area contributed by atoms with Gasteiger partial charge in [-0.2, -0.15) is 5.26 Å². The lowest BCUT2D eigenvalue weighted by atomic mass is 10.2. The third-order valence-electron chi connectivity index (χ3n) is 2.32. The molecule has 19 heavy (non-hydrogen) atoms. The molecule has 0 aliphatic rings. The molecule has 2 aromatic rings. The van der Waals surface area contributed by atoms with Crippen LogP contribution in [0.5, 0.6) is 0 Å². The summed E-state index contributed by atoms with van der Waals surface area (Å²) < 4.78 is 39.9. The number of nitrogens with one attached hydrogen (secondary N) is 1. The lowest BCUT2D eigenvalue weighted by Crippen LogP contribution is -1.97. The highest BCUT2D eigenvalue weighted by atomic mass is 79.9. The fourth-order valence-corrected chi connectivity index (χ4v) is 1.99. The molecule has 0 amide bonds. The van der Waals surface area contributed by atoms with Crippen molar-refractivity contribution in [2.75, 3.05) is 5.32 Å². The molecule has 0 fully saturated rings. The fraction of sp³-hybridized carbons (Fsp3) is 0. The molecule has 0 unspecified atom stereocenters. The number of benzene rings is 2. The van der Waals surface area contributed by atoms with Crippen LogP contribution in [-0.4, -0.2) is 0 Å². The van der Waals surface area contributed by atoms with Crippen molar-refractivity contribution < 1.29 is 13.2 Å². The van der Waals surface area contributed by atoms with E-state index in [1.54, 1.807) is 12.1 Å². The summed E-state index contributed by atoms with van der Waals surface area (Å²) in [5, 5.41) is 11.4. The number of hydrogen-bond acceptors (Lipinski definition) is 2. The first-order chi connectivity index (χ1) is 8.99. The summed E-state index contributed by atoms with van der Waals surface area (Å²) in [5.74, 6) is -3.33. The van der Waals surface area contributed by atoms with Crippen molar-refractivity contribution in [3.05, 3.63) is 57.8 Å². The van der Waals surface area contributed by atoms with Crippen LogP contribution in [0, 0.1) is 28.8 Å². The van der Waals surface area contributed by atoms with Crippen LogP contribution in [0.4, 0.5) is 24.5 Å². The monoisotopic (exact) mass is 326 g/mol. The molecule has 0 saturated carbocycles. The molecule has 2 rings (SSSR count).